The molecule has 2 rings (SSSR count). The number of nitrogens with zero attached hydrogens (tertiary/aromatic N) is 3. The van der Waals surface area contributed by atoms with E-state index in [2.05, 4.69) is 27.7 Å². The molecular weight excluding hydrogens is 270 g/mol. The largest absolute Gasteiger partial charge is 0.375 e. The van der Waals surface area contributed by atoms with Gasteiger partial charge in [0.05, 0.1) is 23.3 Å². The summed E-state index contributed by atoms with van der Waals surface area (Å²) < 4.78 is 1.83. The Bertz CT molecular complexity index is 579. The van der Waals surface area contributed by atoms with Crippen molar-refractivity contribution in [3.05, 3.63) is 47.5 Å². The molecule has 0 bridgehead atoms. The Labute approximate surface area is 114 Å². The Morgan fingerprint density at radius 2 is 2.39 bits per heavy atom. The summed E-state index contributed by atoms with van der Waals surface area (Å²) in [4.78, 5) is 3.97. The summed E-state index contributed by atoms with van der Waals surface area (Å²) >= 11 is 10.8. The maximum Gasteiger partial charge on any atom is 0.184 e. The molecule has 0 amide bonds. The molecule has 1 aromatic heterocycles. The number of halogens is 1. The van der Waals surface area contributed by atoms with Gasteiger partial charge >= 0.3 is 0 Å². The van der Waals surface area contributed by atoms with Gasteiger partial charge in [0.2, 0.25) is 0 Å². The van der Waals surface area contributed by atoms with E-state index in [1.807, 2.05) is 22.9 Å². The van der Waals surface area contributed by atoms with Crippen molar-refractivity contribution in [1.29, 1.82) is 0 Å². The van der Waals surface area contributed by atoms with Crippen molar-refractivity contribution >= 4 is 35.1 Å². The first-order valence-corrected chi connectivity index (χ1v) is 5.82. The van der Waals surface area contributed by atoms with Crippen LogP contribution in [0.5, 0.6) is 0 Å². The zero-order chi connectivity index (χ0) is 13.0. The number of nitrogens with one attached hydrogen (secondary N) is 1. The van der Waals surface area contributed by atoms with Gasteiger partial charge in [0.1, 0.15) is 0 Å². The van der Waals surface area contributed by atoms with E-state index in [1.54, 1.807) is 24.8 Å². The number of hydrogen-bond acceptors (Lipinski definition) is 3. The van der Waals surface area contributed by atoms with Crippen molar-refractivity contribution in [2.24, 2.45) is 10.8 Å². The molecule has 3 N–H and O–H groups in total. The van der Waals surface area contributed by atoms with E-state index in [0.29, 0.717) is 5.02 Å². The normalized spacial score (nSPS) is 10.7. The standard InChI is InChI=1S/C11H10ClN5S/c12-9-5-8(6-15-16-11(13)18)1-2-10(9)17-4-3-14-7-17/h1-7H,(H3,13,16,18). The third kappa shape index (κ3) is 3.06. The molecule has 18 heavy (non-hydrogen) atoms. The Morgan fingerprint density at radius 3 is 3.00 bits per heavy atom. The number of hydrogen-bond donors (Lipinski definition) is 2. The summed E-state index contributed by atoms with van der Waals surface area (Å²) in [5.74, 6) is 0. The van der Waals surface area contributed by atoms with Crippen LogP contribution in [0.4, 0.5) is 0 Å². The van der Waals surface area contributed by atoms with E-state index in [9.17, 15) is 0 Å². The van der Waals surface area contributed by atoms with Crippen LogP contribution in [0.15, 0.2) is 42.0 Å². The lowest BCUT2D eigenvalue weighted by molar-refractivity contribution is 1.04. The van der Waals surface area contributed by atoms with Crippen LogP contribution in [0.25, 0.3) is 5.69 Å². The molecule has 0 atom stereocenters. The minimum Gasteiger partial charge on any atom is -0.375 e. The average Bonchev–Trinajstić information content (AvgIpc) is 2.82. The summed E-state index contributed by atoms with van der Waals surface area (Å²) in [6.45, 7) is 0. The van der Waals surface area contributed by atoms with Gasteiger partial charge in [-0.15, -0.1) is 0 Å². The lowest BCUT2D eigenvalue weighted by atomic mass is 10.2. The fraction of sp³-hybridized carbons (Fsp3) is 0. The van der Waals surface area contributed by atoms with Crippen LogP contribution in [-0.2, 0) is 0 Å². The number of benzene rings is 1. The molecule has 0 unspecified atom stereocenters. The van der Waals surface area contributed by atoms with Gasteiger partial charge in [-0.2, -0.15) is 5.10 Å². The highest BCUT2D eigenvalue weighted by Crippen LogP contribution is 2.20. The van der Waals surface area contributed by atoms with Gasteiger partial charge in [0, 0.05) is 12.4 Å². The maximum atomic E-state index is 6.18. The van der Waals surface area contributed by atoms with Crippen LogP contribution >= 0.6 is 23.8 Å². The van der Waals surface area contributed by atoms with E-state index < -0.39 is 0 Å². The Kier molecular flexibility index (Phi) is 3.91. The van der Waals surface area contributed by atoms with Gasteiger partial charge in [-0.1, -0.05) is 17.7 Å². The molecule has 0 saturated heterocycles. The number of rotatable bonds is 3. The number of imidazole rings is 1. The molecule has 2 aromatic rings. The molecule has 92 valence electrons. The van der Waals surface area contributed by atoms with Crippen molar-refractivity contribution in [1.82, 2.24) is 15.0 Å². The average molecular weight is 280 g/mol. The quantitative estimate of drug-likeness (QED) is 0.510. The SMILES string of the molecule is NC(=S)NN=Cc1ccc(-n2ccnc2)c(Cl)c1. The van der Waals surface area contributed by atoms with Crippen molar-refractivity contribution in [2.75, 3.05) is 0 Å². The smallest absolute Gasteiger partial charge is 0.184 e. The summed E-state index contributed by atoms with van der Waals surface area (Å²) in [5.41, 5.74) is 9.42. The molecule has 1 heterocycles. The zero-order valence-corrected chi connectivity index (χ0v) is 10.8. The molecule has 1 aromatic carbocycles. The van der Waals surface area contributed by atoms with Gasteiger partial charge in [0.15, 0.2) is 5.11 Å². The molecule has 0 spiro atoms. The minimum atomic E-state index is 0.118. The van der Waals surface area contributed by atoms with Crippen molar-refractivity contribution < 1.29 is 0 Å². The van der Waals surface area contributed by atoms with Gasteiger partial charge in [-0.3, -0.25) is 5.43 Å². The lowest BCUT2D eigenvalue weighted by Gasteiger charge is -2.05. The Hall–Kier alpha value is -1.92. The van der Waals surface area contributed by atoms with Crippen LogP contribution in [0.2, 0.25) is 5.02 Å². The van der Waals surface area contributed by atoms with Crippen LogP contribution < -0.4 is 11.2 Å². The molecule has 0 aliphatic carbocycles. The topological polar surface area (TPSA) is 68.2 Å². The van der Waals surface area contributed by atoms with Crippen molar-refractivity contribution in [3.8, 4) is 5.69 Å². The molecular formula is C11H10ClN5S. The highest BCUT2D eigenvalue weighted by molar-refractivity contribution is 7.80. The summed E-state index contributed by atoms with van der Waals surface area (Å²) in [7, 11) is 0. The van der Waals surface area contributed by atoms with E-state index >= 15 is 0 Å². The first kappa shape index (κ1) is 12.5. The Morgan fingerprint density at radius 1 is 1.56 bits per heavy atom. The second-order valence-corrected chi connectivity index (χ2v) is 4.26. The second-order valence-electron chi connectivity index (χ2n) is 3.42. The van der Waals surface area contributed by atoms with Crippen LogP contribution in [0, 0.1) is 0 Å². The van der Waals surface area contributed by atoms with Crippen LogP contribution in [0.1, 0.15) is 5.56 Å². The fourth-order valence-corrected chi connectivity index (χ4v) is 1.72. The van der Waals surface area contributed by atoms with Crippen molar-refractivity contribution in [3.63, 3.8) is 0 Å². The van der Waals surface area contributed by atoms with Crippen molar-refractivity contribution in [2.45, 2.75) is 0 Å². The number of aromatic nitrogens is 2. The van der Waals surface area contributed by atoms with E-state index in [4.69, 9.17) is 17.3 Å². The molecule has 0 fully saturated rings. The van der Waals surface area contributed by atoms with E-state index in [1.165, 1.54) is 0 Å². The highest BCUT2D eigenvalue weighted by atomic mass is 35.5. The first-order valence-electron chi connectivity index (χ1n) is 5.03. The molecule has 5 nitrogen and oxygen atoms in total. The first-order chi connectivity index (χ1) is 8.66. The van der Waals surface area contributed by atoms with E-state index in [0.717, 1.165) is 11.3 Å². The zero-order valence-electron chi connectivity index (χ0n) is 9.25. The highest BCUT2D eigenvalue weighted by Gasteiger charge is 2.02. The molecule has 0 saturated carbocycles. The number of nitrogens with two attached hydrogens (primary N) is 1. The van der Waals surface area contributed by atoms with Gasteiger partial charge in [-0.25, -0.2) is 4.98 Å². The summed E-state index contributed by atoms with van der Waals surface area (Å²) in [6.07, 6.45) is 6.79. The van der Waals surface area contributed by atoms with Gasteiger partial charge < -0.3 is 10.3 Å². The molecule has 0 radical (unpaired) electrons. The number of hydrazone groups is 1. The van der Waals surface area contributed by atoms with Crippen LogP contribution in [-0.4, -0.2) is 20.9 Å². The van der Waals surface area contributed by atoms with Crippen LogP contribution in [0.3, 0.4) is 0 Å². The predicted octanol–water partition coefficient (Wildman–Crippen LogP) is 1.69. The number of thiocarbonyl (C=S) groups is 1. The lowest BCUT2D eigenvalue weighted by Crippen LogP contribution is -2.23. The van der Waals surface area contributed by atoms with Gasteiger partial charge in [0.25, 0.3) is 0 Å². The fourth-order valence-electron chi connectivity index (χ4n) is 1.38. The molecule has 0 aliphatic rings. The second kappa shape index (κ2) is 5.61. The summed E-state index contributed by atoms with van der Waals surface area (Å²) in [6, 6.07) is 5.56. The summed E-state index contributed by atoms with van der Waals surface area (Å²) in [5, 5.41) is 4.58. The third-order valence-electron chi connectivity index (χ3n) is 2.14. The maximum absolute atomic E-state index is 6.18. The monoisotopic (exact) mass is 279 g/mol. The Balaban J connectivity index is 2.20. The molecule has 7 heteroatoms. The van der Waals surface area contributed by atoms with E-state index in [-0.39, 0.29) is 5.11 Å². The molecule has 0 aliphatic heterocycles. The minimum absolute atomic E-state index is 0.118. The predicted molar refractivity (Wildman–Crippen MR) is 76.1 cm³/mol. The van der Waals surface area contributed by atoms with Gasteiger partial charge in [-0.05, 0) is 29.9 Å². The third-order valence-corrected chi connectivity index (χ3v) is 2.54.